The molecule has 1 atom stereocenters. The van der Waals surface area contributed by atoms with Crippen LogP contribution in [0.4, 0.5) is 0 Å². The third-order valence-corrected chi connectivity index (χ3v) is 6.08. The van der Waals surface area contributed by atoms with E-state index in [1.165, 1.54) is 22.5 Å². The van der Waals surface area contributed by atoms with Crippen LogP contribution in [0.2, 0.25) is 0 Å². The standard InChI is InChI=1S/C14H16BrNS/c1-14(9-15,10-6-7-10)8-13-16-11-4-2-3-5-12(11)17-13/h2-5,10H,6-9H2,1H3. The third kappa shape index (κ3) is 2.27. The average Bonchev–Trinajstić information content (AvgIpc) is 3.11. The Kier molecular flexibility index (Phi) is 2.99. The lowest BCUT2D eigenvalue weighted by Crippen LogP contribution is -2.24. The van der Waals surface area contributed by atoms with Gasteiger partial charge in [-0.15, -0.1) is 11.3 Å². The second kappa shape index (κ2) is 4.36. The van der Waals surface area contributed by atoms with Crippen LogP contribution in [-0.4, -0.2) is 10.3 Å². The lowest BCUT2D eigenvalue weighted by atomic mass is 9.84. The second-order valence-electron chi connectivity index (χ2n) is 5.31. The Balaban J connectivity index is 1.88. The van der Waals surface area contributed by atoms with Crippen LogP contribution in [0.5, 0.6) is 0 Å². The number of hydrogen-bond donors (Lipinski definition) is 0. The Morgan fingerprint density at radius 3 is 2.82 bits per heavy atom. The van der Waals surface area contributed by atoms with Gasteiger partial charge in [-0.2, -0.15) is 0 Å². The van der Waals surface area contributed by atoms with Crippen molar-refractivity contribution in [3.05, 3.63) is 29.3 Å². The van der Waals surface area contributed by atoms with Gasteiger partial charge in [-0.1, -0.05) is 35.0 Å². The molecule has 1 saturated carbocycles. The van der Waals surface area contributed by atoms with Crippen LogP contribution in [0.3, 0.4) is 0 Å². The summed E-state index contributed by atoms with van der Waals surface area (Å²) in [6.07, 6.45) is 3.91. The number of rotatable bonds is 4. The number of nitrogens with zero attached hydrogens (tertiary/aromatic N) is 1. The Hall–Kier alpha value is -0.410. The average molecular weight is 310 g/mol. The summed E-state index contributed by atoms with van der Waals surface area (Å²) in [7, 11) is 0. The Morgan fingerprint density at radius 2 is 2.18 bits per heavy atom. The second-order valence-corrected chi connectivity index (χ2v) is 6.99. The molecule has 1 aliphatic carbocycles. The summed E-state index contributed by atoms with van der Waals surface area (Å²) in [6, 6.07) is 8.43. The number of fused-ring (bicyclic) bond motifs is 1. The quantitative estimate of drug-likeness (QED) is 0.749. The van der Waals surface area contributed by atoms with Gasteiger partial charge in [0, 0.05) is 11.8 Å². The maximum Gasteiger partial charge on any atom is 0.0944 e. The van der Waals surface area contributed by atoms with Gasteiger partial charge >= 0.3 is 0 Å². The van der Waals surface area contributed by atoms with Crippen LogP contribution >= 0.6 is 27.3 Å². The van der Waals surface area contributed by atoms with Crippen LogP contribution in [0, 0.1) is 11.3 Å². The highest BCUT2D eigenvalue weighted by Gasteiger charge is 2.41. The molecule has 1 heterocycles. The number of alkyl halides is 1. The monoisotopic (exact) mass is 309 g/mol. The van der Waals surface area contributed by atoms with Crippen molar-refractivity contribution in [1.82, 2.24) is 4.98 Å². The van der Waals surface area contributed by atoms with Gasteiger partial charge in [0.05, 0.1) is 15.2 Å². The van der Waals surface area contributed by atoms with E-state index in [-0.39, 0.29) is 0 Å². The molecule has 1 unspecified atom stereocenters. The number of hydrogen-bond acceptors (Lipinski definition) is 2. The van der Waals surface area contributed by atoms with Crippen molar-refractivity contribution in [1.29, 1.82) is 0 Å². The smallest absolute Gasteiger partial charge is 0.0944 e. The molecule has 0 saturated heterocycles. The van der Waals surface area contributed by atoms with Gasteiger partial charge < -0.3 is 0 Å². The van der Waals surface area contributed by atoms with E-state index in [2.05, 4.69) is 47.1 Å². The molecule has 0 amide bonds. The predicted octanol–water partition coefficient (Wildman–Crippen LogP) is 4.65. The highest BCUT2D eigenvalue weighted by molar-refractivity contribution is 9.09. The van der Waals surface area contributed by atoms with Gasteiger partial charge in [0.1, 0.15) is 0 Å². The van der Waals surface area contributed by atoms with Crippen molar-refractivity contribution in [2.45, 2.75) is 26.2 Å². The van der Waals surface area contributed by atoms with E-state index in [9.17, 15) is 0 Å². The molecule has 0 radical (unpaired) electrons. The lowest BCUT2D eigenvalue weighted by molar-refractivity contribution is 0.318. The summed E-state index contributed by atoms with van der Waals surface area (Å²) < 4.78 is 1.32. The fourth-order valence-electron chi connectivity index (χ4n) is 2.42. The van der Waals surface area contributed by atoms with Crippen molar-refractivity contribution in [2.75, 3.05) is 5.33 Å². The van der Waals surface area contributed by atoms with E-state index in [1.54, 1.807) is 0 Å². The van der Waals surface area contributed by atoms with Gasteiger partial charge in [-0.25, -0.2) is 4.98 Å². The summed E-state index contributed by atoms with van der Waals surface area (Å²) >= 11 is 5.54. The highest BCUT2D eigenvalue weighted by atomic mass is 79.9. The molecule has 2 aromatic rings. The number of benzene rings is 1. The molecular weight excluding hydrogens is 294 g/mol. The molecule has 1 nitrogen and oxygen atoms in total. The molecule has 0 N–H and O–H groups in total. The first-order valence-corrected chi connectivity index (χ1v) is 8.05. The van der Waals surface area contributed by atoms with E-state index in [4.69, 9.17) is 4.98 Å². The summed E-state index contributed by atoms with van der Waals surface area (Å²) in [5, 5.41) is 2.38. The first-order chi connectivity index (χ1) is 8.21. The van der Waals surface area contributed by atoms with E-state index >= 15 is 0 Å². The minimum Gasteiger partial charge on any atom is -0.241 e. The maximum absolute atomic E-state index is 4.75. The Bertz CT molecular complexity index is 499. The number of para-hydroxylation sites is 1. The molecule has 1 aromatic carbocycles. The normalized spacial score (nSPS) is 19.4. The molecule has 90 valence electrons. The van der Waals surface area contributed by atoms with Gasteiger partial charge in [-0.05, 0) is 36.3 Å². The first-order valence-electron chi connectivity index (χ1n) is 6.12. The SMILES string of the molecule is CC(CBr)(Cc1nc2ccccc2s1)C1CC1. The van der Waals surface area contributed by atoms with Gasteiger partial charge in [0.15, 0.2) is 0 Å². The summed E-state index contributed by atoms with van der Waals surface area (Å²) in [5.74, 6) is 0.897. The zero-order chi connectivity index (χ0) is 11.9. The van der Waals surface area contributed by atoms with Crippen LogP contribution in [0.25, 0.3) is 10.2 Å². The first kappa shape index (κ1) is 11.7. The van der Waals surface area contributed by atoms with Crippen molar-refractivity contribution < 1.29 is 0 Å². The molecule has 1 fully saturated rings. The topological polar surface area (TPSA) is 12.9 Å². The number of thiazole rings is 1. The highest BCUT2D eigenvalue weighted by Crippen LogP contribution is 2.48. The van der Waals surface area contributed by atoms with Crippen molar-refractivity contribution in [3.8, 4) is 0 Å². The Morgan fingerprint density at radius 1 is 1.41 bits per heavy atom. The van der Waals surface area contributed by atoms with Crippen molar-refractivity contribution in [3.63, 3.8) is 0 Å². The summed E-state index contributed by atoms with van der Waals surface area (Å²) in [6.45, 7) is 2.39. The molecule has 3 heteroatoms. The van der Waals surface area contributed by atoms with Crippen molar-refractivity contribution >= 4 is 37.5 Å². The van der Waals surface area contributed by atoms with Gasteiger partial charge in [0.2, 0.25) is 0 Å². The summed E-state index contributed by atoms with van der Waals surface area (Å²) in [5.41, 5.74) is 1.55. The van der Waals surface area contributed by atoms with Crippen molar-refractivity contribution in [2.24, 2.45) is 11.3 Å². The van der Waals surface area contributed by atoms with Gasteiger partial charge in [-0.3, -0.25) is 0 Å². The zero-order valence-corrected chi connectivity index (χ0v) is 12.4. The van der Waals surface area contributed by atoms with Crippen LogP contribution in [0.15, 0.2) is 24.3 Å². The Labute approximate surface area is 114 Å². The molecule has 3 rings (SSSR count). The minimum atomic E-state index is 0.397. The fraction of sp³-hybridized carbons (Fsp3) is 0.500. The maximum atomic E-state index is 4.75. The van der Waals surface area contributed by atoms with Crippen LogP contribution < -0.4 is 0 Å². The van der Waals surface area contributed by atoms with Crippen LogP contribution in [-0.2, 0) is 6.42 Å². The zero-order valence-electron chi connectivity index (χ0n) is 9.95. The molecule has 0 bridgehead atoms. The van der Waals surface area contributed by atoms with E-state index in [0.717, 1.165) is 23.2 Å². The third-order valence-electron chi connectivity index (χ3n) is 3.76. The molecular formula is C14H16BrNS. The van der Waals surface area contributed by atoms with Crippen LogP contribution in [0.1, 0.15) is 24.8 Å². The molecule has 1 aliphatic rings. The predicted molar refractivity (Wildman–Crippen MR) is 77.9 cm³/mol. The van der Waals surface area contributed by atoms with E-state index < -0.39 is 0 Å². The molecule has 17 heavy (non-hydrogen) atoms. The lowest BCUT2D eigenvalue weighted by Gasteiger charge is -2.25. The molecule has 0 aliphatic heterocycles. The van der Waals surface area contributed by atoms with E-state index in [1.807, 2.05) is 11.3 Å². The number of aromatic nitrogens is 1. The molecule has 0 spiro atoms. The number of halogens is 1. The van der Waals surface area contributed by atoms with E-state index in [0.29, 0.717) is 5.41 Å². The van der Waals surface area contributed by atoms with Gasteiger partial charge in [0.25, 0.3) is 0 Å². The molecule has 1 aromatic heterocycles. The largest absolute Gasteiger partial charge is 0.241 e. The summed E-state index contributed by atoms with van der Waals surface area (Å²) in [4.78, 5) is 4.75. The fourth-order valence-corrected chi connectivity index (χ4v) is 4.24. The minimum absolute atomic E-state index is 0.397.